The van der Waals surface area contributed by atoms with Gasteiger partial charge < -0.3 is 15.0 Å². The Balaban J connectivity index is 1.67. The number of hydrogen-bond donors (Lipinski definition) is 4. The lowest BCUT2D eigenvalue weighted by Gasteiger charge is -2.19. The summed E-state index contributed by atoms with van der Waals surface area (Å²) in [6.45, 7) is 10.0. The Morgan fingerprint density at radius 2 is 1.73 bits per heavy atom. The number of carbonyl (C=O) groups is 2. The van der Waals surface area contributed by atoms with Crippen molar-refractivity contribution in [2.45, 2.75) is 77.5 Å². The number of sulfonamides is 1. The van der Waals surface area contributed by atoms with Crippen molar-refractivity contribution < 1.29 is 23.1 Å². The minimum Gasteiger partial charge on any atom is -0.384 e. The molecule has 3 aromatic carbocycles. The van der Waals surface area contributed by atoms with E-state index >= 15 is 0 Å². The van der Waals surface area contributed by atoms with Crippen LogP contribution in [0.1, 0.15) is 67.8 Å². The Hall–Kier alpha value is -3.67. The van der Waals surface area contributed by atoms with Gasteiger partial charge in [-0.05, 0) is 67.5 Å². The molecule has 0 saturated carbocycles. The summed E-state index contributed by atoms with van der Waals surface area (Å²) in [6.07, 6.45) is 1.06. The van der Waals surface area contributed by atoms with Gasteiger partial charge in [0.25, 0.3) is 21.8 Å². The van der Waals surface area contributed by atoms with Crippen LogP contribution in [0.25, 0.3) is 22.2 Å². The molecule has 2 amide bonds. The zero-order valence-corrected chi connectivity index (χ0v) is 28.1. The molecule has 9 nitrogen and oxygen atoms in total. The molecule has 0 fully saturated rings. The number of hydrogen-bond acceptors (Lipinski definition) is 7. The average Bonchev–Trinajstić information content (AvgIpc) is 3.34. The molecule has 240 valence electrons. The second-order valence-electron chi connectivity index (χ2n) is 11.8. The molecule has 0 bridgehead atoms. The molecule has 11 heteroatoms. The summed E-state index contributed by atoms with van der Waals surface area (Å²) >= 11 is 4.44. The summed E-state index contributed by atoms with van der Waals surface area (Å²) in [7, 11) is -4.21. The zero-order chi connectivity index (χ0) is 32.9. The van der Waals surface area contributed by atoms with Crippen LogP contribution in [0, 0.1) is 12.8 Å². The van der Waals surface area contributed by atoms with Gasteiger partial charge in [-0.25, -0.2) is 18.1 Å². The predicted octanol–water partition coefficient (Wildman–Crippen LogP) is 5.27. The molecule has 0 aliphatic carbocycles. The number of aliphatic hydroxyl groups excluding tert-OH is 1. The Morgan fingerprint density at radius 1 is 1.04 bits per heavy atom. The summed E-state index contributed by atoms with van der Waals surface area (Å²) in [4.78, 5) is 30.1. The maximum Gasteiger partial charge on any atom is 0.264 e. The fourth-order valence-corrected chi connectivity index (χ4v) is 6.88. The van der Waals surface area contributed by atoms with Gasteiger partial charge in [-0.15, -0.1) is 0 Å². The SMILES string of the molecule is CCCc1nc2c(C)cc(C(=O)N[C@@H](CS)CC(C)C)cc2n1Cc1ccc(-c2ccccc2S(=O)(=O)NC(=O)[C@H](C)O)cc1. The molecule has 0 aliphatic heterocycles. The summed E-state index contributed by atoms with van der Waals surface area (Å²) in [5, 5.41) is 12.6. The number of nitrogens with one attached hydrogen (secondary N) is 2. The number of fused-ring (bicyclic) bond motifs is 1. The van der Waals surface area contributed by atoms with Crippen LogP contribution in [0.4, 0.5) is 0 Å². The number of amides is 2. The van der Waals surface area contributed by atoms with Crippen molar-refractivity contribution in [2.24, 2.45) is 5.92 Å². The van der Waals surface area contributed by atoms with Gasteiger partial charge in [0.15, 0.2) is 0 Å². The quantitative estimate of drug-likeness (QED) is 0.146. The third-order valence-corrected chi connectivity index (χ3v) is 9.41. The van der Waals surface area contributed by atoms with Crippen LogP contribution in [0.5, 0.6) is 0 Å². The van der Waals surface area contributed by atoms with E-state index in [4.69, 9.17) is 4.98 Å². The Kier molecular flexibility index (Phi) is 11.1. The molecule has 45 heavy (non-hydrogen) atoms. The van der Waals surface area contributed by atoms with Crippen molar-refractivity contribution in [2.75, 3.05) is 5.75 Å². The summed E-state index contributed by atoms with van der Waals surface area (Å²) in [6, 6.07) is 17.7. The number of benzene rings is 3. The molecule has 2 atom stereocenters. The minimum atomic E-state index is -4.21. The first-order chi connectivity index (χ1) is 21.3. The molecule has 0 radical (unpaired) electrons. The summed E-state index contributed by atoms with van der Waals surface area (Å²) in [5.41, 5.74) is 5.30. The highest BCUT2D eigenvalue weighted by molar-refractivity contribution is 7.90. The Labute approximate surface area is 270 Å². The lowest BCUT2D eigenvalue weighted by Crippen LogP contribution is -2.37. The van der Waals surface area contributed by atoms with Crippen LogP contribution in [0.3, 0.4) is 0 Å². The van der Waals surface area contributed by atoms with Crippen molar-refractivity contribution in [3.05, 3.63) is 83.2 Å². The molecule has 0 aliphatic rings. The van der Waals surface area contributed by atoms with Gasteiger partial charge in [0.1, 0.15) is 11.9 Å². The first-order valence-electron chi connectivity index (χ1n) is 15.2. The highest BCUT2D eigenvalue weighted by Gasteiger charge is 2.24. The molecule has 1 aromatic heterocycles. The third-order valence-electron chi connectivity index (χ3n) is 7.57. The topological polar surface area (TPSA) is 130 Å². The first-order valence-corrected chi connectivity index (χ1v) is 17.3. The number of aliphatic hydroxyl groups is 1. The molecule has 1 heterocycles. The molecular formula is C34H42N4O5S2. The van der Waals surface area contributed by atoms with Gasteiger partial charge in [0, 0.05) is 35.9 Å². The number of aromatic nitrogens is 2. The van der Waals surface area contributed by atoms with E-state index in [2.05, 4.69) is 43.3 Å². The lowest BCUT2D eigenvalue weighted by molar-refractivity contribution is -0.126. The molecule has 0 spiro atoms. The van der Waals surface area contributed by atoms with E-state index in [0.717, 1.165) is 47.2 Å². The fraction of sp³-hybridized carbons (Fsp3) is 0.382. The zero-order valence-electron chi connectivity index (χ0n) is 26.4. The minimum absolute atomic E-state index is 0.0226. The maximum atomic E-state index is 13.3. The Bertz CT molecular complexity index is 1780. The van der Waals surface area contributed by atoms with E-state index in [1.165, 1.54) is 13.0 Å². The first kappa shape index (κ1) is 34.2. The van der Waals surface area contributed by atoms with Gasteiger partial charge >= 0.3 is 0 Å². The lowest BCUT2D eigenvalue weighted by atomic mass is 10.0. The van der Waals surface area contributed by atoms with E-state index < -0.39 is 22.0 Å². The number of rotatable bonds is 13. The molecule has 0 unspecified atom stereocenters. The van der Waals surface area contributed by atoms with E-state index in [0.29, 0.717) is 34.9 Å². The smallest absolute Gasteiger partial charge is 0.264 e. The Morgan fingerprint density at radius 3 is 2.36 bits per heavy atom. The highest BCUT2D eigenvalue weighted by atomic mass is 32.2. The van der Waals surface area contributed by atoms with Gasteiger partial charge in [-0.1, -0.05) is 63.2 Å². The highest BCUT2D eigenvalue weighted by Crippen LogP contribution is 2.29. The second-order valence-corrected chi connectivity index (χ2v) is 13.9. The van der Waals surface area contributed by atoms with E-state index in [-0.39, 0.29) is 16.8 Å². The van der Waals surface area contributed by atoms with Crippen LogP contribution in [-0.4, -0.2) is 52.8 Å². The number of aryl methyl sites for hydroxylation is 2. The van der Waals surface area contributed by atoms with Crippen LogP contribution in [-0.2, 0) is 27.8 Å². The summed E-state index contributed by atoms with van der Waals surface area (Å²) < 4.78 is 30.0. The normalized spacial score (nSPS) is 13.2. The van der Waals surface area contributed by atoms with Crippen LogP contribution >= 0.6 is 12.6 Å². The van der Waals surface area contributed by atoms with Gasteiger partial charge in [-0.3, -0.25) is 9.59 Å². The number of nitrogens with zero attached hydrogens (tertiary/aromatic N) is 2. The number of carbonyl (C=O) groups excluding carboxylic acids is 2. The van der Waals surface area contributed by atoms with Crippen molar-refractivity contribution in [3.63, 3.8) is 0 Å². The van der Waals surface area contributed by atoms with Crippen LogP contribution in [0.15, 0.2) is 65.6 Å². The molecule has 3 N–H and O–H groups in total. The molecule has 4 rings (SSSR count). The van der Waals surface area contributed by atoms with Gasteiger partial charge in [0.05, 0.1) is 15.9 Å². The monoisotopic (exact) mass is 650 g/mol. The number of imidazole rings is 1. The van der Waals surface area contributed by atoms with Gasteiger partial charge in [-0.2, -0.15) is 12.6 Å². The second kappa shape index (κ2) is 14.6. The average molecular weight is 651 g/mol. The molecular weight excluding hydrogens is 609 g/mol. The van der Waals surface area contributed by atoms with Crippen LogP contribution in [0.2, 0.25) is 0 Å². The number of thiol groups is 1. The van der Waals surface area contributed by atoms with E-state index in [1.54, 1.807) is 18.2 Å². The summed E-state index contributed by atoms with van der Waals surface area (Å²) in [5.74, 6) is 0.795. The van der Waals surface area contributed by atoms with E-state index in [1.807, 2.05) is 48.0 Å². The maximum absolute atomic E-state index is 13.3. The standard InChI is InChI=1S/C34H42N4O5S2/c1-6-9-31-36-32-22(4)17-26(34(41)35-27(20-44)16-21(2)3)18-29(32)38(31)19-24-12-14-25(15-13-24)28-10-7-8-11-30(28)45(42,43)37-33(40)23(5)39/h7-8,10-15,17-18,21,23,27,39,44H,6,9,16,19-20H2,1-5H3,(H,35,41)(H,37,40)/t23-,27+/m0/s1. The predicted molar refractivity (Wildman–Crippen MR) is 181 cm³/mol. The van der Waals surface area contributed by atoms with E-state index in [9.17, 15) is 23.1 Å². The fourth-order valence-electron chi connectivity index (χ4n) is 5.36. The third kappa shape index (κ3) is 8.14. The molecule has 4 aromatic rings. The van der Waals surface area contributed by atoms with Crippen molar-refractivity contribution in [1.29, 1.82) is 0 Å². The van der Waals surface area contributed by atoms with Gasteiger partial charge in [0.2, 0.25) is 0 Å². The van der Waals surface area contributed by atoms with Crippen molar-refractivity contribution in [3.8, 4) is 11.1 Å². The van der Waals surface area contributed by atoms with Crippen molar-refractivity contribution in [1.82, 2.24) is 19.6 Å². The molecule has 0 saturated heterocycles. The van der Waals surface area contributed by atoms with Crippen molar-refractivity contribution >= 4 is 45.5 Å². The largest absolute Gasteiger partial charge is 0.384 e. The van der Waals surface area contributed by atoms with Crippen LogP contribution < -0.4 is 10.0 Å².